The van der Waals surface area contributed by atoms with E-state index in [1.54, 1.807) is 0 Å². The quantitative estimate of drug-likeness (QED) is 0.441. The highest BCUT2D eigenvalue weighted by molar-refractivity contribution is 6.06. The van der Waals surface area contributed by atoms with E-state index >= 15 is 0 Å². The Kier molecular flexibility index (Phi) is 2.53. The van der Waals surface area contributed by atoms with Crippen molar-refractivity contribution in [2.24, 2.45) is 16.5 Å². The first-order valence-electron chi connectivity index (χ1n) is 6.03. The predicted molar refractivity (Wildman–Crippen MR) is 71.7 cm³/mol. The first kappa shape index (κ1) is 11.7. The number of aliphatic imine (C=N–C) groups is 1. The standard InChI is InChI=1S/C13H14N4O2/c14-13(15)17-12(19)11-7-4-5-9(18)6-2-1-3-8(16-11)10(6)7/h1-3,9,16,18H,4-5H2,(H4,14,15,17,19). The molecule has 1 aliphatic rings. The molecule has 1 aromatic carbocycles. The van der Waals surface area contributed by atoms with Crippen LogP contribution in [-0.4, -0.2) is 22.0 Å². The van der Waals surface area contributed by atoms with Gasteiger partial charge in [0.15, 0.2) is 5.96 Å². The minimum absolute atomic E-state index is 0.257. The summed E-state index contributed by atoms with van der Waals surface area (Å²) < 4.78 is 0. The van der Waals surface area contributed by atoms with Crippen molar-refractivity contribution in [2.45, 2.75) is 18.9 Å². The molecule has 1 heterocycles. The Morgan fingerprint density at radius 3 is 2.95 bits per heavy atom. The number of benzene rings is 1. The number of nitrogens with zero attached hydrogens (tertiary/aromatic N) is 1. The number of amides is 1. The molecule has 1 aliphatic carbocycles. The van der Waals surface area contributed by atoms with Crippen molar-refractivity contribution in [2.75, 3.05) is 0 Å². The predicted octanol–water partition coefficient (Wildman–Crippen LogP) is 0.561. The Morgan fingerprint density at radius 1 is 1.42 bits per heavy atom. The molecule has 0 bridgehead atoms. The van der Waals surface area contributed by atoms with Crippen LogP contribution >= 0.6 is 0 Å². The topological polar surface area (TPSA) is 117 Å². The molecular formula is C13H14N4O2. The second-order valence-electron chi connectivity index (χ2n) is 4.64. The number of hydrogen-bond acceptors (Lipinski definition) is 2. The van der Waals surface area contributed by atoms with Crippen molar-refractivity contribution < 1.29 is 9.90 Å². The van der Waals surface area contributed by atoms with Gasteiger partial charge in [-0.1, -0.05) is 12.1 Å². The number of aliphatic hydroxyl groups is 1. The number of H-pyrrole nitrogens is 1. The molecule has 2 aromatic rings. The number of aryl methyl sites for hydroxylation is 1. The molecule has 1 atom stereocenters. The average molecular weight is 258 g/mol. The first-order chi connectivity index (χ1) is 9.08. The number of aromatic nitrogens is 1. The molecule has 19 heavy (non-hydrogen) atoms. The van der Waals surface area contributed by atoms with Gasteiger partial charge in [0.1, 0.15) is 5.69 Å². The van der Waals surface area contributed by atoms with E-state index in [2.05, 4.69) is 9.98 Å². The van der Waals surface area contributed by atoms with E-state index in [4.69, 9.17) is 11.5 Å². The van der Waals surface area contributed by atoms with Gasteiger partial charge >= 0.3 is 0 Å². The van der Waals surface area contributed by atoms with Gasteiger partial charge in [0.05, 0.1) is 6.10 Å². The molecule has 0 saturated carbocycles. The average Bonchev–Trinajstić information content (AvgIpc) is 2.73. The lowest BCUT2D eigenvalue weighted by atomic mass is 9.89. The van der Waals surface area contributed by atoms with E-state index in [0.717, 1.165) is 22.0 Å². The van der Waals surface area contributed by atoms with E-state index in [1.807, 2.05) is 18.2 Å². The van der Waals surface area contributed by atoms with Gasteiger partial charge in [0, 0.05) is 10.9 Å². The highest BCUT2D eigenvalue weighted by atomic mass is 16.3. The van der Waals surface area contributed by atoms with Crippen LogP contribution in [0.25, 0.3) is 10.9 Å². The Labute approximate surface area is 109 Å². The molecule has 1 amide bonds. The SMILES string of the molecule is NC(N)=NC(=O)c1[nH]c2cccc3c2c1CCC3O. The van der Waals surface area contributed by atoms with Gasteiger partial charge in [0.2, 0.25) is 0 Å². The van der Waals surface area contributed by atoms with Crippen LogP contribution in [0.3, 0.4) is 0 Å². The Morgan fingerprint density at radius 2 is 2.21 bits per heavy atom. The van der Waals surface area contributed by atoms with Crippen LogP contribution < -0.4 is 11.5 Å². The Bertz CT molecular complexity index is 698. The zero-order valence-electron chi connectivity index (χ0n) is 10.2. The maximum absolute atomic E-state index is 12.0. The summed E-state index contributed by atoms with van der Waals surface area (Å²) in [4.78, 5) is 18.6. The lowest BCUT2D eigenvalue weighted by molar-refractivity contribution is 0.0997. The molecule has 0 saturated heterocycles. The summed E-state index contributed by atoms with van der Waals surface area (Å²) in [6.45, 7) is 0. The largest absolute Gasteiger partial charge is 0.388 e. The zero-order chi connectivity index (χ0) is 13.6. The summed E-state index contributed by atoms with van der Waals surface area (Å²) in [5.74, 6) is -0.736. The highest BCUT2D eigenvalue weighted by Crippen LogP contribution is 2.37. The minimum Gasteiger partial charge on any atom is -0.388 e. The second-order valence-corrected chi connectivity index (χ2v) is 4.64. The number of aliphatic hydroxyl groups excluding tert-OH is 1. The number of aromatic amines is 1. The minimum atomic E-state index is -0.488. The summed E-state index contributed by atoms with van der Waals surface area (Å²) >= 11 is 0. The van der Waals surface area contributed by atoms with Crippen LogP contribution in [-0.2, 0) is 6.42 Å². The fourth-order valence-corrected chi connectivity index (χ4v) is 2.67. The lowest BCUT2D eigenvalue weighted by Crippen LogP contribution is -2.24. The Hall–Kier alpha value is -2.34. The Balaban J connectivity index is 2.25. The van der Waals surface area contributed by atoms with Gasteiger partial charge in [-0.05, 0) is 30.0 Å². The number of nitrogens with one attached hydrogen (secondary N) is 1. The number of carbonyl (C=O) groups excluding carboxylic acids is 1. The molecule has 6 heteroatoms. The smallest absolute Gasteiger partial charge is 0.296 e. The second kappa shape index (κ2) is 4.10. The summed E-state index contributed by atoms with van der Waals surface area (Å²) in [6.07, 6.45) is 0.726. The van der Waals surface area contributed by atoms with Crippen LogP contribution in [0.15, 0.2) is 23.2 Å². The van der Waals surface area contributed by atoms with Crippen LogP contribution in [0.1, 0.15) is 34.1 Å². The summed E-state index contributed by atoms with van der Waals surface area (Å²) in [5.41, 5.74) is 13.4. The van der Waals surface area contributed by atoms with Crippen molar-refractivity contribution in [1.82, 2.24) is 4.98 Å². The van der Waals surface area contributed by atoms with Gasteiger partial charge in [-0.15, -0.1) is 0 Å². The van der Waals surface area contributed by atoms with Gasteiger partial charge in [-0.2, -0.15) is 4.99 Å². The monoisotopic (exact) mass is 258 g/mol. The molecule has 0 aliphatic heterocycles. The van der Waals surface area contributed by atoms with Gasteiger partial charge in [-0.25, -0.2) is 0 Å². The van der Waals surface area contributed by atoms with E-state index in [9.17, 15) is 9.90 Å². The van der Waals surface area contributed by atoms with E-state index in [-0.39, 0.29) is 5.96 Å². The zero-order valence-corrected chi connectivity index (χ0v) is 10.2. The molecule has 3 rings (SSSR count). The lowest BCUT2D eigenvalue weighted by Gasteiger charge is -2.18. The van der Waals surface area contributed by atoms with E-state index in [0.29, 0.717) is 18.5 Å². The molecule has 0 radical (unpaired) electrons. The molecule has 6 nitrogen and oxygen atoms in total. The molecule has 0 spiro atoms. The van der Waals surface area contributed by atoms with Gasteiger partial charge in [-0.3, -0.25) is 4.79 Å². The molecular weight excluding hydrogens is 244 g/mol. The maximum atomic E-state index is 12.0. The summed E-state index contributed by atoms with van der Waals surface area (Å²) in [5, 5.41) is 10.9. The van der Waals surface area contributed by atoms with Gasteiger partial charge < -0.3 is 21.6 Å². The molecule has 98 valence electrons. The van der Waals surface area contributed by atoms with Crippen molar-refractivity contribution in [3.8, 4) is 0 Å². The fourth-order valence-electron chi connectivity index (χ4n) is 2.67. The molecule has 1 aromatic heterocycles. The van der Waals surface area contributed by atoms with E-state index < -0.39 is 12.0 Å². The summed E-state index contributed by atoms with van der Waals surface area (Å²) in [7, 11) is 0. The van der Waals surface area contributed by atoms with Crippen LogP contribution in [0.4, 0.5) is 0 Å². The normalized spacial score (nSPS) is 17.4. The number of guanidine groups is 1. The third-order valence-electron chi connectivity index (χ3n) is 3.43. The van der Waals surface area contributed by atoms with Crippen LogP contribution in [0, 0.1) is 0 Å². The van der Waals surface area contributed by atoms with Gasteiger partial charge in [0.25, 0.3) is 5.91 Å². The number of nitrogens with two attached hydrogens (primary N) is 2. The first-order valence-corrected chi connectivity index (χ1v) is 6.03. The molecule has 0 fully saturated rings. The number of carbonyl (C=O) groups is 1. The van der Waals surface area contributed by atoms with Crippen LogP contribution in [0.5, 0.6) is 0 Å². The highest BCUT2D eigenvalue weighted by Gasteiger charge is 2.26. The van der Waals surface area contributed by atoms with E-state index in [1.165, 1.54) is 0 Å². The number of rotatable bonds is 1. The van der Waals surface area contributed by atoms with Crippen molar-refractivity contribution in [3.63, 3.8) is 0 Å². The van der Waals surface area contributed by atoms with Crippen molar-refractivity contribution >= 4 is 22.8 Å². The van der Waals surface area contributed by atoms with Crippen molar-refractivity contribution in [3.05, 3.63) is 35.0 Å². The van der Waals surface area contributed by atoms with Crippen LogP contribution in [0.2, 0.25) is 0 Å². The molecule has 1 unspecified atom stereocenters. The maximum Gasteiger partial charge on any atom is 0.296 e. The third kappa shape index (κ3) is 1.77. The van der Waals surface area contributed by atoms with Crippen molar-refractivity contribution in [1.29, 1.82) is 0 Å². The summed E-state index contributed by atoms with van der Waals surface area (Å²) in [6, 6.07) is 5.59. The fraction of sp³-hybridized carbons (Fsp3) is 0.231. The molecule has 6 N–H and O–H groups in total. The number of hydrogen-bond donors (Lipinski definition) is 4. The third-order valence-corrected chi connectivity index (χ3v) is 3.43.